The van der Waals surface area contributed by atoms with Crippen molar-refractivity contribution in [3.63, 3.8) is 0 Å². The van der Waals surface area contributed by atoms with Crippen LogP contribution < -0.4 is 5.73 Å². The van der Waals surface area contributed by atoms with Crippen molar-refractivity contribution in [1.82, 2.24) is 9.80 Å². The number of hydrogen-bond acceptors (Lipinski definition) is 4. The maximum Gasteiger partial charge on any atom is 0.0264 e. The fraction of sp³-hybridized carbons (Fsp3) is 0.727. The monoisotopic (exact) mass is 210 g/mol. The van der Waals surface area contributed by atoms with Crippen LogP contribution in [-0.4, -0.2) is 54.8 Å². The minimum absolute atomic E-state index is 0.605. The molecule has 0 radical (unpaired) electrons. The Morgan fingerprint density at radius 3 is 2.73 bits per heavy atom. The van der Waals surface area contributed by atoms with Crippen molar-refractivity contribution in [2.24, 2.45) is 5.73 Å². The van der Waals surface area contributed by atoms with Crippen LogP contribution in [0.15, 0.2) is 11.8 Å². The van der Waals surface area contributed by atoms with Crippen molar-refractivity contribution in [2.75, 3.05) is 32.7 Å². The SMILES string of the molecule is CCN1CCN(C/C(C=N)=C/N)CC1C. The number of rotatable bonds is 4. The first-order valence-corrected chi connectivity index (χ1v) is 5.58. The normalized spacial score (nSPS) is 25.5. The Balaban J connectivity index is 2.44. The van der Waals surface area contributed by atoms with E-state index in [9.17, 15) is 0 Å². The van der Waals surface area contributed by atoms with Gasteiger partial charge in [0.15, 0.2) is 0 Å². The van der Waals surface area contributed by atoms with Crippen LogP contribution in [0.4, 0.5) is 0 Å². The summed E-state index contributed by atoms with van der Waals surface area (Å²) in [7, 11) is 0. The highest BCUT2D eigenvalue weighted by Crippen LogP contribution is 2.09. The Hall–Kier alpha value is -0.870. The fourth-order valence-corrected chi connectivity index (χ4v) is 2.09. The molecule has 0 aromatic heterocycles. The van der Waals surface area contributed by atoms with Gasteiger partial charge in [0.1, 0.15) is 0 Å². The molecular formula is C11H22N4. The number of likely N-dealkylation sites (N-methyl/N-ethyl adjacent to an activating group) is 1. The summed E-state index contributed by atoms with van der Waals surface area (Å²) in [5.74, 6) is 0. The molecule has 0 saturated carbocycles. The number of nitrogens with two attached hydrogens (primary N) is 1. The average molecular weight is 210 g/mol. The zero-order chi connectivity index (χ0) is 11.3. The molecule has 0 spiro atoms. The minimum Gasteiger partial charge on any atom is -0.404 e. The van der Waals surface area contributed by atoms with Gasteiger partial charge in [0.2, 0.25) is 0 Å². The van der Waals surface area contributed by atoms with Gasteiger partial charge in [0.05, 0.1) is 0 Å². The van der Waals surface area contributed by atoms with Crippen LogP contribution >= 0.6 is 0 Å². The second-order valence-corrected chi connectivity index (χ2v) is 4.10. The van der Waals surface area contributed by atoms with Crippen molar-refractivity contribution in [1.29, 1.82) is 5.41 Å². The fourth-order valence-electron chi connectivity index (χ4n) is 2.09. The summed E-state index contributed by atoms with van der Waals surface area (Å²) in [6.07, 6.45) is 2.88. The predicted molar refractivity (Wildman–Crippen MR) is 64.2 cm³/mol. The van der Waals surface area contributed by atoms with Gasteiger partial charge >= 0.3 is 0 Å². The highest BCUT2D eigenvalue weighted by atomic mass is 15.3. The molecule has 0 amide bonds. The average Bonchev–Trinajstić information content (AvgIpc) is 2.26. The maximum absolute atomic E-state index is 7.19. The first-order chi connectivity index (χ1) is 7.21. The van der Waals surface area contributed by atoms with Crippen LogP contribution in [0.2, 0.25) is 0 Å². The third-order valence-corrected chi connectivity index (χ3v) is 3.06. The lowest BCUT2D eigenvalue weighted by Gasteiger charge is -2.39. The quantitative estimate of drug-likeness (QED) is 0.665. The van der Waals surface area contributed by atoms with E-state index in [1.54, 1.807) is 0 Å². The van der Waals surface area contributed by atoms with E-state index in [2.05, 4.69) is 23.6 Å². The van der Waals surface area contributed by atoms with Crippen LogP contribution in [0, 0.1) is 5.41 Å². The van der Waals surface area contributed by atoms with Crippen LogP contribution in [0.5, 0.6) is 0 Å². The summed E-state index contributed by atoms with van der Waals surface area (Å²) < 4.78 is 0. The zero-order valence-corrected chi connectivity index (χ0v) is 9.74. The molecule has 0 bridgehead atoms. The maximum atomic E-state index is 7.19. The summed E-state index contributed by atoms with van der Waals surface area (Å²) in [5, 5.41) is 7.19. The van der Waals surface area contributed by atoms with Gasteiger partial charge in [-0.25, -0.2) is 0 Å². The summed E-state index contributed by atoms with van der Waals surface area (Å²) in [4.78, 5) is 4.84. The van der Waals surface area contributed by atoms with Gasteiger partial charge in [-0.1, -0.05) is 6.92 Å². The third kappa shape index (κ3) is 3.32. The van der Waals surface area contributed by atoms with Gasteiger partial charge in [-0.2, -0.15) is 0 Å². The van der Waals surface area contributed by atoms with Gasteiger partial charge in [0.25, 0.3) is 0 Å². The Labute approximate surface area is 92.2 Å². The lowest BCUT2D eigenvalue weighted by atomic mass is 10.1. The number of piperazine rings is 1. The van der Waals surface area contributed by atoms with Crippen molar-refractivity contribution >= 4 is 6.21 Å². The molecule has 1 rings (SSSR count). The second kappa shape index (κ2) is 5.88. The highest BCUT2D eigenvalue weighted by Gasteiger charge is 2.22. The number of nitrogens with zero attached hydrogens (tertiary/aromatic N) is 2. The van der Waals surface area contributed by atoms with Crippen LogP contribution in [0.25, 0.3) is 0 Å². The van der Waals surface area contributed by atoms with E-state index in [1.165, 1.54) is 12.4 Å². The molecule has 4 heteroatoms. The van der Waals surface area contributed by atoms with Crippen LogP contribution in [-0.2, 0) is 0 Å². The van der Waals surface area contributed by atoms with E-state index in [0.717, 1.165) is 38.3 Å². The van der Waals surface area contributed by atoms with E-state index in [-0.39, 0.29) is 0 Å². The van der Waals surface area contributed by atoms with Gasteiger partial charge < -0.3 is 11.1 Å². The van der Waals surface area contributed by atoms with Crippen molar-refractivity contribution in [2.45, 2.75) is 19.9 Å². The third-order valence-electron chi connectivity index (χ3n) is 3.06. The molecule has 1 aliphatic heterocycles. The molecule has 1 heterocycles. The summed E-state index contributed by atoms with van der Waals surface area (Å²) >= 11 is 0. The topological polar surface area (TPSA) is 56.4 Å². The van der Waals surface area contributed by atoms with Crippen molar-refractivity contribution < 1.29 is 0 Å². The molecule has 1 saturated heterocycles. The molecule has 86 valence electrons. The lowest BCUT2D eigenvalue weighted by molar-refractivity contribution is 0.0952. The lowest BCUT2D eigenvalue weighted by Crippen LogP contribution is -2.52. The van der Waals surface area contributed by atoms with Crippen LogP contribution in [0.3, 0.4) is 0 Å². The molecule has 1 unspecified atom stereocenters. The Kier molecular flexibility index (Phi) is 4.78. The molecule has 0 aromatic rings. The largest absolute Gasteiger partial charge is 0.404 e. The number of hydrogen-bond donors (Lipinski definition) is 2. The van der Waals surface area contributed by atoms with Gasteiger partial charge in [-0.15, -0.1) is 0 Å². The number of nitrogens with one attached hydrogen (secondary N) is 1. The van der Waals surface area contributed by atoms with E-state index in [0.29, 0.717) is 6.04 Å². The zero-order valence-electron chi connectivity index (χ0n) is 9.74. The van der Waals surface area contributed by atoms with E-state index >= 15 is 0 Å². The Morgan fingerprint density at radius 2 is 2.27 bits per heavy atom. The van der Waals surface area contributed by atoms with Gasteiger partial charge in [-0.05, 0) is 25.2 Å². The van der Waals surface area contributed by atoms with E-state index < -0.39 is 0 Å². The smallest absolute Gasteiger partial charge is 0.0264 e. The highest BCUT2D eigenvalue weighted by molar-refractivity contribution is 5.75. The molecule has 0 aliphatic carbocycles. The molecule has 1 aliphatic rings. The molecule has 1 fully saturated rings. The van der Waals surface area contributed by atoms with Gasteiger partial charge in [-0.3, -0.25) is 9.80 Å². The molecule has 4 nitrogen and oxygen atoms in total. The molecule has 0 aromatic carbocycles. The molecule has 15 heavy (non-hydrogen) atoms. The Morgan fingerprint density at radius 1 is 1.53 bits per heavy atom. The first kappa shape index (κ1) is 12.2. The van der Waals surface area contributed by atoms with Crippen molar-refractivity contribution in [3.8, 4) is 0 Å². The molecular weight excluding hydrogens is 188 g/mol. The Bertz CT molecular complexity index is 237. The standard InChI is InChI=1S/C11H22N4/c1-3-15-5-4-14(8-10(15)2)9-11(6-12)7-13/h6-7,10,12H,3-5,8-9,13H2,1-2H3/b11-7+,12-6?. The minimum atomic E-state index is 0.605. The second-order valence-electron chi connectivity index (χ2n) is 4.10. The summed E-state index contributed by atoms with van der Waals surface area (Å²) in [6.45, 7) is 9.65. The molecule has 3 N–H and O–H groups in total. The predicted octanol–water partition coefficient (Wildman–Crippen LogP) is 0.505. The van der Waals surface area contributed by atoms with Crippen LogP contribution in [0.1, 0.15) is 13.8 Å². The van der Waals surface area contributed by atoms with E-state index in [1.807, 2.05) is 0 Å². The van der Waals surface area contributed by atoms with Gasteiger partial charge in [0, 0.05) is 38.4 Å². The first-order valence-electron chi connectivity index (χ1n) is 5.58. The van der Waals surface area contributed by atoms with E-state index in [4.69, 9.17) is 11.1 Å². The van der Waals surface area contributed by atoms with Crippen molar-refractivity contribution in [3.05, 3.63) is 11.8 Å². The summed E-state index contributed by atoms with van der Waals surface area (Å²) in [5.41, 5.74) is 6.33. The summed E-state index contributed by atoms with van der Waals surface area (Å²) in [6, 6.07) is 0.605. The molecule has 1 atom stereocenters.